The number of amides is 1. The first-order valence-electron chi connectivity index (χ1n) is 8.43. The Morgan fingerprint density at radius 2 is 1.84 bits per heavy atom. The summed E-state index contributed by atoms with van der Waals surface area (Å²) in [7, 11) is 0. The number of rotatable bonds is 3. The molecule has 1 aliphatic heterocycles. The Morgan fingerprint density at radius 3 is 2.32 bits per heavy atom. The summed E-state index contributed by atoms with van der Waals surface area (Å²) in [6.07, 6.45) is -3.93. The number of likely N-dealkylation sites (tertiary alicyclic amines) is 1. The Bertz CT molecular complexity index is 594. The van der Waals surface area contributed by atoms with Crippen LogP contribution in [0.4, 0.5) is 23.7 Å². The molecule has 140 valence electrons. The van der Waals surface area contributed by atoms with Gasteiger partial charge in [0, 0.05) is 31.4 Å². The minimum atomic E-state index is -4.34. The number of benzene rings is 1. The van der Waals surface area contributed by atoms with E-state index in [4.69, 9.17) is 4.74 Å². The van der Waals surface area contributed by atoms with Gasteiger partial charge in [-0.05, 0) is 58.4 Å². The summed E-state index contributed by atoms with van der Waals surface area (Å²) in [6.45, 7) is 9.14. The van der Waals surface area contributed by atoms with Crippen LogP contribution in [0.1, 0.15) is 39.7 Å². The molecule has 1 amide bonds. The van der Waals surface area contributed by atoms with Gasteiger partial charge in [-0.3, -0.25) is 0 Å². The summed E-state index contributed by atoms with van der Waals surface area (Å²) in [5, 5.41) is 0. The topological polar surface area (TPSA) is 32.8 Å². The van der Waals surface area contributed by atoms with Crippen LogP contribution in [0.3, 0.4) is 0 Å². The van der Waals surface area contributed by atoms with Gasteiger partial charge in [0.15, 0.2) is 0 Å². The van der Waals surface area contributed by atoms with Gasteiger partial charge in [0.25, 0.3) is 0 Å². The lowest BCUT2D eigenvalue weighted by Crippen LogP contribution is -2.40. The average Bonchev–Trinajstić information content (AvgIpc) is 2.96. The van der Waals surface area contributed by atoms with Crippen molar-refractivity contribution in [3.05, 3.63) is 29.8 Å². The van der Waals surface area contributed by atoms with Gasteiger partial charge in [-0.2, -0.15) is 13.2 Å². The zero-order chi connectivity index (χ0) is 18.8. The monoisotopic (exact) mass is 358 g/mol. The predicted octanol–water partition coefficient (Wildman–Crippen LogP) is 4.54. The maximum Gasteiger partial charge on any atom is 0.416 e. The van der Waals surface area contributed by atoms with Crippen LogP contribution in [-0.2, 0) is 10.9 Å². The molecule has 1 heterocycles. The van der Waals surface area contributed by atoms with Crippen molar-refractivity contribution < 1.29 is 22.7 Å². The number of alkyl halides is 3. The molecule has 2 rings (SSSR count). The van der Waals surface area contributed by atoms with E-state index in [0.29, 0.717) is 19.6 Å². The first-order valence-corrected chi connectivity index (χ1v) is 8.43. The zero-order valence-electron chi connectivity index (χ0n) is 15.1. The zero-order valence-corrected chi connectivity index (χ0v) is 15.1. The van der Waals surface area contributed by atoms with Crippen molar-refractivity contribution in [1.82, 2.24) is 4.90 Å². The highest BCUT2D eigenvalue weighted by Gasteiger charge is 2.33. The predicted molar refractivity (Wildman–Crippen MR) is 90.7 cm³/mol. The number of hydrogen-bond acceptors (Lipinski definition) is 3. The minimum absolute atomic E-state index is 0.0641. The van der Waals surface area contributed by atoms with Crippen LogP contribution < -0.4 is 4.90 Å². The SMILES string of the molecule is CCN(c1ccc(C(F)(F)F)cc1)C1CCN(C(=O)OC(C)(C)C)C1. The number of carbonyl (C=O) groups excluding carboxylic acids is 1. The lowest BCUT2D eigenvalue weighted by atomic mass is 10.1. The smallest absolute Gasteiger partial charge is 0.416 e. The normalized spacial score (nSPS) is 18.4. The Morgan fingerprint density at radius 1 is 1.24 bits per heavy atom. The Balaban J connectivity index is 2.05. The maximum atomic E-state index is 12.7. The highest BCUT2D eigenvalue weighted by Crippen LogP contribution is 2.31. The van der Waals surface area contributed by atoms with Gasteiger partial charge in [-0.25, -0.2) is 4.79 Å². The molecule has 7 heteroatoms. The molecule has 0 N–H and O–H groups in total. The van der Waals surface area contributed by atoms with Gasteiger partial charge in [0.1, 0.15) is 5.60 Å². The van der Waals surface area contributed by atoms with Crippen LogP contribution in [0.25, 0.3) is 0 Å². The molecule has 1 unspecified atom stereocenters. The number of anilines is 1. The van der Waals surface area contributed by atoms with Crippen LogP contribution in [0, 0.1) is 0 Å². The summed E-state index contributed by atoms with van der Waals surface area (Å²) in [4.78, 5) is 15.9. The van der Waals surface area contributed by atoms with E-state index < -0.39 is 17.3 Å². The Labute approximate surface area is 146 Å². The number of carbonyl (C=O) groups is 1. The fourth-order valence-electron chi connectivity index (χ4n) is 2.98. The summed E-state index contributed by atoms with van der Waals surface area (Å²) in [6, 6.07) is 5.23. The highest BCUT2D eigenvalue weighted by molar-refractivity contribution is 5.68. The fourth-order valence-corrected chi connectivity index (χ4v) is 2.98. The van der Waals surface area contributed by atoms with Crippen LogP contribution in [0.2, 0.25) is 0 Å². The molecule has 0 radical (unpaired) electrons. The van der Waals surface area contributed by atoms with E-state index in [1.165, 1.54) is 12.1 Å². The maximum absolute atomic E-state index is 12.7. The van der Waals surface area contributed by atoms with Gasteiger partial charge in [0.2, 0.25) is 0 Å². The molecule has 0 saturated carbocycles. The number of likely N-dealkylation sites (N-methyl/N-ethyl adjacent to an activating group) is 1. The van der Waals surface area contributed by atoms with E-state index in [1.54, 1.807) is 4.90 Å². The molecule has 25 heavy (non-hydrogen) atoms. The van der Waals surface area contributed by atoms with E-state index in [1.807, 2.05) is 32.6 Å². The van der Waals surface area contributed by atoms with Crippen LogP contribution in [-0.4, -0.2) is 42.3 Å². The van der Waals surface area contributed by atoms with Crippen molar-refractivity contribution in [1.29, 1.82) is 0 Å². The van der Waals surface area contributed by atoms with Gasteiger partial charge < -0.3 is 14.5 Å². The summed E-state index contributed by atoms with van der Waals surface area (Å²) in [5.41, 5.74) is -0.479. The van der Waals surface area contributed by atoms with Crippen LogP contribution in [0.15, 0.2) is 24.3 Å². The van der Waals surface area contributed by atoms with Gasteiger partial charge in [-0.1, -0.05) is 0 Å². The number of hydrogen-bond donors (Lipinski definition) is 0. The van der Waals surface area contributed by atoms with Crippen LogP contribution >= 0.6 is 0 Å². The summed E-state index contributed by atoms with van der Waals surface area (Å²) >= 11 is 0. The highest BCUT2D eigenvalue weighted by atomic mass is 19.4. The standard InChI is InChI=1S/C18H25F3N2O2/c1-5-23(14-8-6-13(7-9-14)18(19,20)21)15-10-11-22(12-15)16(24)25-17(2,3)4/h6-9,15H,5,10-12H2,1-4H3. The van der Waals surface area contributed by atoms with Crippen molar-refractivity contribution in [2.75, 3.05) is 24.5 Å². The van der Waals surface area contributed by atoms with Crippen molar-refractivity contribution in [2.45, 2.75) is 51.9 Å². The molecule has 1 aliphatic rings. The van der Waals surface area contributed by atoms with Crippen molar-refractivity contribution >= 4 is 11.8 Å². The molecular weight excluding hydrogens is 333 g/mol. The molecule has 0 aliphatic carbocycles. The molecule has 1 aromatic rings. The van der Waals surface area contributed by atoms with Crippen molar-refractivity contribution in [3.8, 4) is 0 Å². The summed E-state index contributed by atoms with van der Waals surface area (Å²) in [5.74, 6) is 0. The second-order valence-electron chi connectivity index (χ2n) is 7.20. The minimum Gasteiger partial charge on any atom is -0.444 e. The molecule has 0 aromatic heterocycles. The number of ether oxygens (including phenoxy) is 1. The third-order valence-electron chi connectivity index (χ3n) is 4.12. The van der Waals surface area contributed by atoms with Gasteiger partial charge in [-0.15, -0.1) is 0 Å². The number of halogens is 3. The quantitative estimate of drug-likeness (QED) is 0.795. The molecule has 1 aromatic carbocycles. The van der Waals surface area contributed by atoms with Crippen molar-refractivity contribution in [3.63, 3.8) is 0 Å². The molecular formula is C18H25F3N2O2. The molecule has 0 bridgehead atoms. The van der Waals surface area contributed by atoms with E-state index in [-0.39, 0.29) is 12.1 Å². The van der Waals surface area contributed by atoms with E-state index in [2.05, 4.69) is 0 Å². The second-order valence-corrected chi connectivity index (χ2v) is 7.20. The molecule has 4 nitrogen and oxygen atoms in total. The largest absolute Gasteiger partial charge is 0.444 e. The van der Waals surface area contributed by atoms with Gasteiger partial charge in [0.05, 0.1) is 5.56 Å². The van der Waals surface area contributed by atoms with E-state index >= 15 is 0 Å². The molecule has 1 fully saturated rings. The third-order valence-corrected chi connectivity index (χ3v) is 4.12. The van der Waals surface area contributed by atoms with E-state index in [0.717, 1.165) is 24.2 Å². The van der Waals surface area contributed by atoms with Crippen molar-refractivity contribution in [2.24, 2.45) is 0 Å². The van der Waals surface area contributed by atoms with E-state index in [9.17, 15) is 18.0 Å². The summed E-state index contributed by atoms with van der Waals surface area (Å²) < 4.78 is 43.5. The lowest BCUT2D eigenvalue weighted by Gasteiger charge is -2.30. The molecule has 1 saturated heterocycles. The Kier molecular flexibility index (Phi) is 5.54. The number of nitrogens with zero attached hydrogens (tertiary/aromatic N) is 2. The lowest BCUT2D eigenvalue weighted by molar-refractivity contribution is -0.137. The average molecular weight is 358 g/mol. The fraction of sp³-hybridized carbons (Fsp3) is 0.611. The molecule has 1 atom stereocenters. The molecule has 0 spiro atoms. The first kappa shape index (κ1) is 19.4. The first-order chi connectivity index (χ1) is 11.5. The second kappa shape index (κ2) is 7.14. The third kappa shape index (κ3) is 5.03. The van der Waals surface area contributed by atoms with Crippen LogP contribution in [0.5, 0.6) is 0 Å². The Hall–Kier alpha value is -1.92. The van der Waals surface area contributed by atoms with Gasteiger partial charge >= 0.3 is 12.3 Å².